The van der Waals surface area contributed by atoms with Gasteiger partial charge in [-0.25, -0.2) is 0 Å². The van der Waals surface area contributed by atoms with Crippen molar-refractivity contribution in [1.29, 1.82) is 0 Å². The average Bonchev–Trinajstić information content (AvgIpc) is 2.38. The summed E-state index contributed by atoms with van der Waals surface area (Å²) in [4.78, 5) is 13.8. The lowest BCUT2D eigenvalue weighted by Gasteiger charge is -2.29. The molecule has 1 saturated heterocycles. The molecular weight excluding hydrogens is 294 g/mol. The van der Waals surface area contributed by atoms with Gasteiger partial charge in [0.1, 0.15) is 0 Å². The lowest BCUT2D eigenvalue weighted by molar-refractivity contribution is -0.133. The second-order valence-corrected chi connectivity index (χ2v) is 5.65. The third kappa shape index (κ3) is 3.82. The molecule has 0 spiro atoms. The molecule has 1 aliphatic heterocycles. The van der Waals surface area contributed by atoms with Crippen LogP contribution in [0.2, 0.25) is 0 Å². The molecule has 0 atom stereocenters. The zero-order valence-corrected chi connectivity index (χ0v) is 11.9. The molecule has 0 aromatic heterocycles. The second-order valence-electron chi connectivity index (χ2n) is 4.74. The zero-order chi connectivity index (χ0) is 13.0. The van der Waals surface area contributed by atoms with Gasteiger partial charge in [0.25, 0.3) is 0 Å². The number of aliphatic hydroxyl groups excluding tert-OH is 1. The van der Waals surface area contributed by atoms with E-state index in [1.165, 1.54) is 5.56 Å². The van der Waals surface area contributed by atoms with Crippen molar-refractivity contribution in [3.63, 3.8) is 0 Å². The Kier molecular flexibility index (Phi) is 4.78. The molecule has 1 aromatic rings. The van der Waals surface area contributed by atoms with Gasteiger partial charge in [-0.3, -0.25) is 4.79 Å². The van der Waals surface area contributed by atoms with E-state index in [4.69, 9.17) is 0 Å². The molecule has 1 aromatic carbocycles. The summed E-state index contributed by atoms with van der Waals surface area (Å²) < 4.78 is 1.06. The zero-order valence-electron chi connectivity index (χ0n) is 10.3. The highest BCUT2D eigenvalue weighted by Crippen LogP contribution is 2.14. The lowest BCUT2D eigenvalue weighted by Crippen LogP contribution is -2.40. The largest absolute Gasteiger partial charge is 0.393 e. The van der Waals surface area contributed by atoms with Crippen molar-refractivity contribution < 1.29 is 9.90 Å². The number of carbonyl (C=O) groups excluding carboxylic acids is 1. The van der Waals surface area contributed by atoms with Crippen LogP contribution >= 0.6 is 15.9 Å². The molecule has 1 amide bonds. The minimum atomic E-state index is -0.222. The van der Waals surface area contributed by atoms with Crippen molar-refractivity contribution in [3.05, 3.63) is 34.3 Å². The van der Waals surface area contributed by atoms with Gasteiger partial charge < -0.3 is 10.0 Å². The van der Waals surface area contributed by atoms with Crippen LogP contribution in [0.3, 0.4) is 0 Å². The van der Waals surface area contributed by atoms with E-state index in [-0.39, 0.29) is 12.0 Å². The third-order valence-corrected chi connectivity index (χ3v) is 3.89. The fourth-order valence-electron chi connectivity index (χ4n) is 2.18. The number of rotatable bonds is 3. The van der Waals surface area contributed by atoms with Gasteiger partial charge in [-0.05, 0) is 37.0 Å². The molecule has 0 radical (unpaired) electrons. The Bertz CT molecular complexity index is 397. The molecule has 2 rings (SSSR count). The van der Waals surface area contributed by atoms with Crippen LogP contribution in [0, 0.1) is 0 Å². The van der Waals surface area contributed by atoms with Crippen molar-refractivity contribution in [2.24, 2.45) is 0 Å². The standard InChI is InChI=1S/C14H18BrNO2/c15-12-4-1-11(2-5-12)3-6-14(18)16-9-7-13(17)8-10-16/h1-2,4-5,13,17H,3,6-10H2. The molecule has 0 saturated carbocycles. The van der Waals surface area contributed by atoms with Crippen molar-refractivity contribution in [2.45, 2.75) is 31.8 Å². The van der Waals surface area contributed by atoms with Crippen LogP contribution in [-0.2, 0) is 11.2 Å². The molecule has 0 aliphatic carbocycles. The van der Waals surface area contributed by atoms with Crippen molar-refractivity contribution >= 4 is 21.8 Å². The molecule has 1 heterocycles. The number of halogens is 1. The van der Waals surface area contributed by atoms with E-state index >= 15 is 0 Å². The summed E-state index contributed by atoms with van der Waals surface area (Å²) in [5, 5.41) is 9.40. The second kappa shape index (κ2) is 6.34. The average molecular weight is 312 g/mol. The summed E-state index contributed by atoms with van der Waals surface area (Å²) >= 11 is 3.39. The maximum absolute atomic E-state index is 12.0. The summed E-state index contributed by atoms with van der Waals surface area (Å²) in [6.07, 6.45) is 2.54. The summed E-state index contributed by atoms with van der Waals surface area (Å²) in [6.45, 7) is 1.39. The molecule has 1 fully saturated rings. The first-order valence-corrected chi connectivity index (χ1v) is 7.15. The predicted molar refractivity (Wildman–Crippen MR) is 74.3 cm³/mol. The van der Waals surface area contributed by atoms with Gasteiger partial charge in [0, 0.05) is 24.0 Å². The van der Waals surface area contributed by atoms with Gasteiger partial charge in [0.15, 0.2) is 0 Å². The molecule has 3 nitrogen and oxygen atoms in total. The molecule has 18 heavy (non-hydrogen) atoms. The smallest absolute Gasteiger partial charge is 0.222 e. The Morgan fingerprint density at radius 1 is 1.28 bits per heavy atom. The van der Waals surface area contributed by atoms with E-state index in [2.05, 4.69) is 15.9 Å². The minimum Gasteiger partial charge on any atom is -0.393 e. The first-order valence-electron chi connectivity index (χ1n) is 6.35. The van der Waals surface area contributed by atoms with Crippen LogP contribution in [0.5, 0.6) is 0 Å². The quantitative estimate of drug-likeness (QED) is 0.931. The minimum absolute atomic E-state index is 0.199. The van der Waals surface area contributed by atoms with Crippen molar-refractivity contribution in [3.8, 4) is 0 Å². The number of aliphatic hydroxyl groups is 1. The molecular formula is C14H18BrNO2. The number of likely N-dealkylation sites (tertiary alicyclic amines) is 1. The first-order chi connectivity index (χ1) is 8.65. The van der Waals surface area contributed by atoms with Gasteiger partial charge in [0.2, 0.25) is 5.91 Å². The van der Waals surface area contributed by atoms with E-state index in [0.717, 1.165) is 10.9 Å². The van der Waals surface area contributed by atoms with Crippen LogP contribution in [-0.4, -0.2) is 35.1 Å². The van der Waals surface area contributed by atoms with Crippen LogP contribution < -0.4 is 0 Å². The Hall–Kier alpha value is -0.870. The molecule has 1 N–H and O–H groups in total. The highest BCUT2D eigenvalue weighted by molar-refractivity contribution is 9.10. The van der Waals surface area contributed by atoms with Crippen molar-refractivity contribution in [1.82, 2.24) is 4.90 Å². The van der Waals surface area contributed by atoms with Crippen molar-refractivity contribution in [2.75, 3.05) is 13.1 Å². The van der Waals surface area contributed by atoms with E-state index in [0.29, 0.717) is 32.4 Å². The SMILES string of the molecule is O=C(CCc1ccc(Br)cc1)N1CCC(O)CC1. The molecule has 0 unspecified atom stereocenters. The monoisotopic (exact) mass is 311 g/mol. The van der Waals surface area contributed by atoms with E-state index in [9.17, 15) is 9.90 Å². The van der Waals surface area contributed by atoms with Crippen LogP contribution in [0.15, 0.2) is 28.7 Å². The highest BCUT2D eigenvalue weighted by Gasteiger charge is 2.20. The lowest BCUT2D eigenvalue weighted by atomic mass is 10.1. The van der Waals surface area contributed by atoms with E-state index in [1.807, 2.05) is 29.2 Å². The Labute approximate surface area is 116 Å². The number of piperidine rings is 1. The topological polar surface area (TPSA) is 40.5 Å². The van der Waals surface area contributed by atoms with E-state index < -0.39 is 0 Å². The number of aryl methyl sites for hydroxylation is 1. The maximum atomic E-state index is 12.0. The number of nitrogens with zero attached hydrogens (tertiary/aromatic N) is 1. The summed E-state index contributed by atoms with van der Waals surface area (Å²) in [5.74, 6) is 0.199. The Morgan fingerprint density at radius 3 is 2.50 bits per heavy atom. The molecule has 0 bridgehead atoms. The highest BCUT2D eigenvalue weighted by atomic mass is 79.9. The fraction of sp³-hybridized carbons (Fsp3) is 0.500. The number of carbonyl (C=O) groups is 1. The van der Waals surface area contributed by atoms with E-state index in [1.54, 1.807) is 0 Å². The van der Waals surface area contributed by atoms with Crippen LogP contribution in [0.25, 0.3) is 0 Å². The molecule has 98 valence electrons. The Balaban J connectivity index is 1.79. The Morgan fingerprint density at radius 2 is 1.89 bits per heavy atom. The van der Waals surface area contributed by atoms with Gasteiger partial charge in [-0.2, -0.15) is 0 Å². The van der Waals surface area contributed by atoms with Gasteiger partial charge in [-0.15, -0.1) is 0 Å². The predicted octanol–water partition coefficient (Wildman–Crippen LogP) is 2.37. The normalized spacial score (nSPS) is 16.9. The number of benzene rings is 1. The van der Waals surface area contributed by atoms with Gasteiger partial charge in [0.05, 0.1) is 6.10 Å². The van der Waals surface area contributed by atoms with Crippen LogP contribution in [0.4, 0.5) is 0 Å². The van der Waals surface area contributed by atoms with Gasteiger partial charge in [-0.1, -0.05) is 28.1 Å². The third-order valence-electron chi connectivity index (χ3n) is 3.36. The molecule has 1 aliphatic rings. The number of hydrogen-bond donors (Lipinski definition) is 1. The first kappa shape index (κ1) is 13.6. The maximum Gasteiger partial charge on any atom is 0.222 e. The van der Waals surface area contributed by atoms with Crippen LogP contribution in [0.1, 0.15) is 24.8 Å². The molecule has 4 heteroatoms. The fourth-order valence-corrected chi connectivity index (χ4v) is 2.44. The summed E-state index contributed by atoms with van der Waals surface area (Å²) in [5.41, 5.74) is 1.18. The number of hydrogen-bond acceptors (Lipinski definition) is 2. The summed E-state index contributed by atoms with van der Waals surface area (Å²) in [6, 6.07) is 8.07. The summed E-state index contributed by atoms with van der Waals surface area (Å²) in [7, 11) is 0. The van der Waals surface area contributed by atoms with Gasteiger partial charge >= 0.3 is 0 Å². The number of amides is 1.